The molecule has 128 valence electrons. The van der Waals surface area contributed by atoms with Gasteiger partial charge in [-0.25, -0.2) is 0 Å². The molecule has 0 unspecified atom stereocenters. The highest BCUT2D eigenvalue weighted by molar-refractivity contribution is 6.03. The zero-order chi connectivity index (χ0) is 17.2. The maximum atomic E-state index is 12.5. The molecular formula is C19H21N5O. The van der Waals surface area contributed by atoms with Crippen molar-refractivity contribution in [3.8, 4) is 0 Å². The monoisotopic (exact) mass is 335 g/mol. The van der Waals surface area contributed by atoms with Crippen LogP contribution in [0.4, 0.5) is 5.69 Å². The van der Waals surface area contributed by atoms with Crippen LogP contribution in [0.25, 0.3) is 0 Å². The lowest BCUT2D eigenvalue weighted by atomic mass is 10.1. The molecular weight excluding hydrogens is 314 g/mol. The number of carbonyl (C=O) groups is 1. The molecule has 4 rings (SSSR count). The molecule has 0 saturated heterocycles. The lowest BCUT2D eigenvalue weighted by molar-refractivity contribution is 0.101. The van der Waals surface area contributed by atoms with E-state index < -0.39 is 0 Å². The van der Waals surface area contributed by atoms with E-state index in [4.69, 9.17) is 0 Å². The van der Waals surface area contributed by atoms with E-state index in [1.165, 1.54) is 18.4 Å². The van der Waals surface area contributed by atoms with Crippen LogP contribution in [0.3, 0.4) is 0 Å². The number of nitrogens with one attached hydrogen (secondary N) is 1. The maximum absolute atomic E-state index is 12.5. The average Bonchev–Trinajstić information content (AvgIpc) is 3.26. The second-order valence-corrected chi connectivity index (χ2v) is 6.53. The predicted octanol–water partition coefficient (Wildman–Crippen LogP) is 2.99. The summed E-state index contributed by atoms with van der Waals surface area (Å²) in [6, 6.07) is 12.2. The molecule has 1 fully saturated rings. The van der Waals surface area contributed by atoms with Crippen molar-refractivity contribution < 1.29 is 4.79 Å². The van der Waals surface area contributed by atoms with Gasteiger partial charge >= 0.3 is 0 Å². The first kappa shape index (κ1) is 15.6. The van der Waals surface area contributed by atoms with Crippen molar-refractivity contribution in [1.82, 2.24) is 19.6 Å². The van der Waals surface area contributed by atoms with E-state index in [1.54, 1.807) is 10.9 Å². The number of nitrogens with zero attached hydrogens (tertiary/aromatic N) is 4. The Morgan fingerprint density at radius 2 is 2.08 bits per heavy atom. The van der Waals surface area contributed by atoms with E-state index in [2.05, 4.69) is 27.6 Å². The fourth-order valence-electron chi connectivity index (χ4n) is 2.91. The van der Waals surface area contributed by atoms with Crippen molar-refractivity contribution in [2.24, 2.45) is 7.05 Å². The highest BCUT2D eigenvalue weighted by Crippen LogP contribution is 2.39. The van der Waals surface area contributed by atoms with Gasteiger partial charge in [-0.2, -0.15) is 10.2 Å². The van der Waals surface area contributed by atoms with E-state index in [0.717, 1.165) is 18.7 Å². The van der Waals surface area contributed by atoms with Crippen LogP contribution in [-0.2, 0) is 20.0 Å². The lowest BCUT2D eigenvalue weighted by Crippen LogP contribution is -2.15. The second-order valence-electron chi connectivity index (χ2n) is 6.53. The minimum absolute atomic E-state index is 0.149. The number of benzene rings is 1. The molecule has 1 aliphatic carbocycles. The zero-order valence-electron chi connectivity index (χ0n) is 14.2. The van der Waals surface area contributed by atoms with Crippen molar-refractivity contribution in [2.75, 3.05) is 5.32 Å². The first-order valence-corrected chi connectivity index (χ1v) is 8.61. The summed E-state index contributed by atoms with van der Waals surface area (Å²) in [5, 5.41) is 11.7. The van der Waals surface area contributed by atoms with Crippen LogP contribution in [-0.4, -0.2) is 25.5 Å². The average molecular weight is 335 g/mol. The van der Waals surface area contributed by atoms with Crippen molar-refractivity contribution in [3.05, 3.63) is 65.7 Å². The number of hydrogen-bond acceptors (Lipinski definition) is 3. The molecule has 1 amide bonds. The van der Waals surface area contributed by atoms with Gasteiger partial charge in [-0.1, -0.05) is 30.3 Å². The van der Waals surface area contributed by atoms with E-state index >= 15 is 0 Å². The van der Waals surface area contributed by atoms with E-state index in [9.17, 15) is 4.79 Å². The SMILES string of the molecule is Cn1nc(C2CC2)cc1C(=O)Nc1cnn(CCc2ccccc2)c1. The van der Waals surface area contributed by atoms with Crippen LogP contribution in [0.2, 0.25) is 0 Å². The number of anilines is 1. The Bertz CT molecular complexity index is 876. The van der Waals surface area contributed by atoms with E-state index in [-0.39, 0.29) is 5.91 Å². The number of aromatic nitrogens is 4. The largest absolute Gasteiger partial charge is 0.318 e. The van der Waals surface area contributed by atoms with Gasteiger partial charge in [0.15, 0.2) is 0 Å². The van der Waals surface area contributed by atoms with Gasteiger partial charge in [0.05, 0.1) is 17.6 Å². The summed E-state index contributed by atoms with van der Waals surface area (Å²) in [4.78, 5) is 12.5. The predicted molar refractivity (Wildman–Crippen MR) is 95.5 cm³/mol. The molecule has 0 radical (unpaired) electrons. The highest BCUT2D eigenvalue weighted by atomic mass is 16.2. The number of rotatable bonds is 6. The minimum Gasteiger partial charge on any atom is -0.318 e. The third-order valence-electron chi connectivity index (χ3n) is 4.49. The number of aryl methyl sites for hydroxylation is 3. The van der Waals surface area contributed by atoms with Crippen molar-refractivity contribution in [1.29, 1.82) is 0 Å². The molecule has 25 heavy (non-hydrogen) atoms. The summed E-state index contributed by atoms with van der Waals surface area (Å²) >= 11 is 0. The number of amides is 1. The Labute approximate surface area is 146 Å². The molecule has 6 heteroatoms. The van der Waals surface area contributed by atoms with Crippen LogP contribution >= 0.6 is 0 Å². The van der Waals surface area contributed by atoms with Gasteiger partial charge in [-0.15, -0.1) is 0 Å². The molecule has 0 atom stereocenters. The molecule has 6 nitrogen and oxygen atoms in total. The normalized spacial score (nSPS) is 13.8. The molecule has 1 N–H and O–H groups in total. The Morgan fingerprint density at radius 3 is 2.84 bits per heavy atom. The summed E-state index contributed by atoms with van der Waals surface area (Å²) in [5.74, 6) is 0.387. The number of hydrogen-bond donors (Lipinski definition) is 1. The van der Waals surface area contributed by atoms with Gasteiger partial charge < -0.3 is 5.32 Å². The van der Waals surface area contributed by atoms with Gasteiger partial charge in [0.2, 0.25) is 0 Å². The quantitative estimate of drug-likeness (QED) is 0.753. The second kappa shape index (κ2) is 6.55. The van der Waals surface area contributed by atoms with Crippen molar-refractivity contribution >= 4 is 11.6 Å². The Balaban J connectivity index is 1.38. The summed E-state index contributed by atoms with van der Waals surface area (Å²) in [6.07, 6.45) is 6.79. The Kier molecular flexibility index (Phi) is 4.09. The van der Waals surface area contributed by atoms with Gasteiger partial charge in [0.1, 0.15) is 5.69 Å². The van der Waals surface area contributed by atoms with Crippen LogP contribution < -0.4 is 5.32 Å². The molecule has 2 aromatic heterocycles. The minimum atomic E-state index is -0.149. The first-order valence-electron chi connectivity index (χ1n) is 8.61. The molecule has 0 aliphatic heterocycles. The molecule has 2 heterocycles. The van der Waals surface area contributed by atoms with Crippen LogP contribution in [0, 0.1) is 0 Å². The molecule has 1 saturated carbocycles. The molecule has 1 aromatic carbocycles. The summed E-state index contributed by atoms with van der Waals surface area (Å²) in [7, 11) is 1.81. The highest BCUT2D eigenvalue weighted by Gasteiger charge is 2.28. The molecule has 0 bridgehead atoms. The lowest BCUT2D eigenvalue weighted by Gasteiger charge is -2.03. The Hall–Kier alpha value is -2.89. The van der Waals surface area contributed by atoms with Gasteiger partial charge in [-0.3, -0.25) is 14.2 Å². The summed E-state index contributed by atoms with van der Waals surface area (Å²) in [5.41, 5.74) is 3.57. The fourth-order valence-corrected chi connectivity index (χ4v) is 2.91. The maximum Gasteiger partial charge on any atom is 0.274 e. The summed E-state index contributed by atoms with van der Waals surface area (Å²) in [6.45, 7) is 0.775. The Morgan fingerprint density at radius 1 is 1.28 bits per heavy atom. The van der Waals surface area contributed by atoms with Crippen molar-refractivity contribution in [2.45, 2.75) is 31.7 Å². The van der Waals surface area contributed by atoms with E-state index in [1.807, 2.05) is 42.2 Å². The first-order chi connectivity index (χ1) is 12.2. The van der Waals surface area contributed by atoms with E-state index in [0.29, 0.717) is 17.3 Å². The zero-order valence-corrected chi connectivity index (χ0v) is 14.2. The fraction of sp³-hybridized carbons (Fsp3) is 0.316. The smallest absolute Gasteiger partial charge is 0.274 e. The van der Waals surface area contributed by atoms with Gasteiger partial charge in [0.25, 0.3) is 5.91 Å². The summed E-state index contributed by atoms with van der Waals surface area (Å²) < 4.78 is 3.50. The molecule has 1 aliphatic rings. The van der Waals surface area contributed by atoms with Crippen molar-refractivity contribution in [3.63, 3.8) is 0 Å². The van der Waals surface area contributed by atoms with Crippen LogP contribution in [0.15, 0.2) is 48.8 Å². The standard InChI is InChI=1S/C19H21N5O/c1-23-18(11-17(22-23)15-7-8-15)19(25)21-16-12-20-24(13-16)10-9-14-5-3-2-4-6-14/h2-6,11-13,15H,7-10H2,1H3,(H,21,25). The molecule has 3 aromatic rings. The van der Waals surface area contributed by atoms with Crippen LogP contribution in [0.5, 0.6) is 0 Å². The third-order valence-corrected chi connectivity index (χ3v) is 4.49. The van der Waals surface area contributed by atoms with Gasteiger partial charge in [0, 0.05) is 25.7 Å². The molecule has 0 spiro atoms. The van der Waals surface area contributed by atoms with Crippen LogP contribution in [0.1, 0.15) is 40.5 Å². The van der Waals surface area contributed by atoms with Gasteiger partial charge in [-0.05, 0) is 30.9 Å². The third kappa shape index (κ3) is 3.63. The topological polar surface area (TPSA) is 64.7 Å². The number of carbonyl (C=O) groups excluding carboxylic acids is 1.